The van der Waals surface area contributed by atoms with Crippen molar-refractivity contribution in [3.8, 4) is 11.1 Å². The van der Waals surface area contributed by atoms with Gasteiger partial charge in [-0.3, -0.25) is 9.59 Å². The number of halogens is 2. The van der Waals surface area contributed by atoms with Crippen LogP contribution in [0.2, 0.25) is 0 Å². The molecule has 2 aromatic rings. The molecule has 0 spiro atoms. The maximum Gasteiger partial charge on any atom is 0.249 e. The standard InChI is InChI=1S/C14H10Br2N2O2/c15-11-3-1-2-8(12(11)16)10-6-7(13(17)19)4-5-9(10)14(18)20/h1-6H,(H2,17,19)(H2,18,20). The zero-order valence-electron chi connectivity index (χ0n) is 10.2. The molecule has 0 aliphatic rings. The van der Waals surface area contributed by atoms with Crippen molar-refractivity contribution in [1.82, 2.24) is 0 Å². The van der Waals surface area contributed by atoms with Crippen molar-refractivity contribution in [2.24, 2.45) is 11.5 Å². The topological polar surface area (TPSA) is 86.2 Å². The largest absolute Gasteiger partial charge is 0.366 e. The van der Waals surface area contributed by atoms with Crippen molar-refractivity contribution in [3.05, 3.63) is 56.5 Å². The highest BCUT2D eigenvalue weighted by atomic mass is 79.9. The monoisotopic (exact) mass is 396 g/mol. The molecule has 0 aromatic heterocycles. The first-order valence-corrected chi connectivity index (χ1v) is 7.18. The second kappa shape index (κ2) is 5.76. The lowest BCUT2D eigenvalue weighted by atomic mass is 9.96. The van der Waals surface area contributed by atoms with Crippen LogP contribution >= 0.6 is 31.9 Å². The summed E-state index contributed by atoms with van der Waals surface area (Å²) in [6.45, 7) is 0. The minimum Gasteiger partial charge on any atom is -0.366 e. The molecule has 6 heteroatoms. The molecule has 4 nitrogen and oxygen atoms in total. The summed E-state index contributed by atoms with van der Waals surface area (Å²) in [5.74, 6) is -1.13. The van der Waals surface area contributed by atoms with Crippen LogP contribution in [0.4, 0.5) is 0 Å². The Morgan fingerprint density at radius 3 is 2.20 bits per heavy atom. The van der Waals surface area contributed by atoms with Crippen molar-refractivity contribution < 1.29 is 9.59 Å². The van der Waals surface area contributed by atoms with Gasteiger partial charge in [0.2, 0.25) is 11.8 Å². The summed E-state index contributed by atoms with van der Waals surface area (Å²) in [7, 11) is 0. The molecule has 0 fully saturated rings. The van der Waals surface area contributed by atoms with Gasteiger partial charge in [-0.2, -0.15) is 0 Å². The zero-order chi connectivity index (χ0) is 14.9. The van der Waals surface area contributed by atoms with Crippen LogP contribution in [0.1, 0.15) is 20.7 Å². The molecule has 2 aromatic carbocycles. The first-order chi connectivity index (χ1) is 9.41. The fourth-order valence-electron chi connectivity index (χ4n) is 1.85. The average Bonchev–Trinajstić information content (AvgIpc) is 2.41. The van der Waals surface area contributed by atoms with Crippen LogP contribution in [0.5, 0.6) is 0 Å². The summed E-state index contributed by atoms with van der Waals surface area (Å²) in [6, 6.07) is 10.1. The molecule has 2 rings (SSSR count). The van der Waals surface area contributed by atoms with Crippen LogP contribution < -0.4 is 11.5 Å². The maximum absolute atomic E-state index is 11.6. The summed E-state index contributed by atoms with van der Waals surface area (Å²) in [5.41, 5.74) is 12.6. The second-order valence-corrected chi connectivity index (χ2v) is 5.74. The number of nitrogens with two attached hydrogens (primary N) is 2. The van der Waals surface area contributed by atoms with E-state index < -0.39 is 11.8 Å². The number of hydrogen-bond acceptors (Lipinski definition) is 2. The van der Waals surface area contributed by atoms with Gasteiger partial charge in [0.25, 0.3) is 0 Å². The molecule has 0 radical (unpaired) electrons. The maximum atomic E-state index is 11.6. The fraction of sp³-hybridized carbons (Fsp3) is 0. The van der Waals surface area contributed by atoms with E-state index in [0.29, 0.717) is 16.7 Å². The number of benzene rings is 2. The minimum atomic E-state index is -0.567. The SMILES string of the molecule is NC(=O)c1ccc(C(N)=O)c(-c2cccc(Br)c2Br)c1. The summed E-state index contributed by atoms with van der Waals surface area (Å²) in [6.07, 6.45) is 0. The molecule has 20 heavy (non-hydrogen) atoms. The van der Waals surface area contributed by atoms with Gasteiger partial charge in [-0.05, 0) is 67.3 Å². The van der Waals surface area contributed by atoms with Crippen molar-refractivity contribution in [2.75, 3.05) is 0 Å². The predicted octanol–water partition coefficient (Wildman–Crippen LogP) is 3.08. The third-order valence-corrected chi connectivity index (χ3v) is 4.86. The van der Waals surface area contributed by atoms with E-state index in [1.54, 1.807) is 6.07 Å². The van der Waals surface area contributed by atoms with E-state index in [4.69, 9.17) is 11.5 Å². The normalized spacial score (nSPS) is 10.3. The molecular formula is C14H10Br2N2O2. The third kappa shape index (κ3) is 2.76. The van der Waals surface area contributed by atoms with E-state index in [1.165, 1.54) is 12.1 Å². The van der Waals surface area contributed by atoms with Gasteiger partial charge in [0.1, 0.15) is 0 Å². The fourth-order valence-corrected chi connectivity index (χ4v) is 2.69. The Hall–Kier alpha value is -1.66. The van der Waals surface area contributed by atoms with Crippen LogP contribution in [0, 0.1) is 0 Å². The lowest BCUT2D eigenvalue weighted by Gasteiger charge is -2.11. The van der Waals surface area contributed by atoms with Crippen LogP contribution in [0.3, 0.4) is 0 Å². The summed E-state index contributed by atoms with van der Waals surface area (Å²) in [4.78, 5) is 22.9. The van der Waals surface area contributed by atoms with Crippen molar-refractivity contribution >= 4 is 43.7 Å². The molecule has 102 valence electrons. The number of hydrogen-bond donors (Lipinski definition) is 2. The van der Waals surface area contributed by atoms with Gasteiger partial charge >= 0.3 is 0 Å². The quantitative estimate of drug-likeness (QED) is 0.833. The number of primary amides is 2. The Bertz CT molecular complexity index is 714. The third-order valence-electron chi connectivity index (χ3n) is 2.81. The first kappa shape index (κ1) is 14.7. The second-order valence-electron chi connectivity index (χ2n) is 4.09. The summed E-state index contributed by atoms with van der Waals surface area (Å²) < 4.78 is 1.60. The molecule has 0 saturated heterocycles. The van der Waals surface area contributed by atoms with Crippen LogP contribution in [0.25, 0.3) is 11.1 Å². The lowest BCUT2D eigenvalue weighted by Crippen LogP contribution is -2.15. The molecule has 0 atom stereocenters. The van der Waals surface area contributed by atoms with Gasteiger partial charge in [-0.25, -0.2) is 0 Å². The molecule has 0 aliphatic heterocycles. The number of amides is 2. The molecule has 4 N–H and O–H groups in total. The number of carbonyl (C=O) groups excluding carboxylic acids is 2. The van der Waals surface area contributed by atoms with E-state index in [2.05, 4.69) is 31.9 Å². The lowest BCUT2D eigenvalue weighted by molar-refractivity contribution is 0.0989. The molecule has 0 unspecified atom stereocenters. The molecular weight excluding hydrogens is 388 g/mol. The first-order valence-electron chi connectivity index (χ1n) is 5.60. The highest BCUT2D eigenvalue weighted by molar-refractivity contribution is 9.13. The van der Waals surface area contributed by atoms with E-state index >= 15 is 0 Å². The average molecular weight is 398 g/mol. The van der Waals surface area contributed by atoms with Crippen LogP contribution in [-0.2, 0) is 0 Å². The van der Waals surface area contributed by atoms with Crippen molar-refractivity contribution in [1.29, 1.82) is 0 Å². The zero-order valence-corrected chi connectivity index (χ0v) is 13.4. The Morgan fingerprint density at radius 2 is 1.60 bits per heavy atom. The number of rotatable bonds is 3. The van der Waals surface area contributed by atoms with E-state index in [1.807, 2.05) is 18.2 Å². The number of carbonyl (C=O) groups is 2. The van der Waals surface area contributed by atoms with Gasteiger partial charge in [0.05, 0.1) is 0 Å². The van der Waals surface area contributed by atoms with Gasteiger partial charge < -0.3 is 11.5 Å². The Morgan fingerprint density at radius 1 is 0.900 bits per heavy atom. The van der Waals surface area contributed by atoms with Gasteiger partial charge in [-0.1, -0.05) is 12.1 Å². The summed E-state index contributed by atoms with van der Waals surface area (Å²) in [5, 5.41) is 0. The predicted molar refractivity (Wildman–Crippen MR) is 84.3 cm³/mol. The van der Waals surface area contributed by atoms with Crippen LogP contribution in [-0.4, -0.2) is 11.8 Å². The smallest absolute Gasteiger partial charge is 0.249 e. The molecule has 0 saturated carbocycles. The van der Waals surface area contributed by atoms with E-state index in [0.717, 1.165) is 14.5 Å². The van der Waals surface area contributed by atoms with E-state index in [-0.39, 0.29) is 0 Å². The highest BCUT2D eigenvalue weighted by Crippen LogP contribution is 2.36. The molecule has 0 aliphatic carbocycles. The van der Waals surface area contributed by atoms with E-state index in [9.17, 15) is 9.59 Å². The van der Waals surface area contributed by atoms with Crippen LogP contribution in [0.15, 0.2) is 45.3 Å². The van der Waals surface area contributed by atoms with Gasteiger partial charge in [0, 0.05) is 20.1 Å². The van der Waals surface area contributed by atoms with Crippen molar-refractivity contribution in [2.45, 2.75) is 0 Å². The van der Waals surface area contributed by atoms with Gasteiger partial charge in [0.15, 0.2) is 0 Å². The molecule has 0 heterocycles. The minimum absolute atomic E-state index is 0.317. The van der Waals surface area contributed by atoms with Gasteiger partial charge in [-0.15, -0.1) is 0 Å². The molecule has 0 bridgehead atoms. The Kier molecular flexibility index (Phi) is 4.25. The Balaban J connectivity index is 2.76. The molecule has 2 amide bonds. The van der Waals surface area contributed by atoms with Crippen molar-refractivity contribution in [3.63, 3.8) is 0 Å². The Labute approximate surface area is 132 Å². The summed E-state index contributed by atoms with van der Waals surface area (Å²) >= 11 is 6.84. The highest BCUT2D eigenvalue weighted by Gasteiger charge is 2.15.